The maximum Gasteiger partial charge on any atom is 0.267 e. The van der Waals surface area contributed by atoms with Crippen LogP contribution >= 0.6 is 11.8 Å². The van der Waals surface area contributed by atoms with Gasteiger partial charge in [-0.25, -0.2) is 9.97 Å². The smallest absolute Gasteiger partial charge is 0.267 e. The van der Waals surface area contributed by atoms with Gasteiger partial charge in [-0.2, -0.15) is 0 Å². The topological polar surface area (TPSA) is 81.8 Å². The third kappa shape index (κ3) is 2.92. The highest BCUT2D eigenvalue weighted by atomic mass is 32.2. The van der Waals surface area contributed by atoms with Crippen LogP contribution in [0.5, 0.6) is 0 Å². The van der Waals surface area contributed by atoms with Gasteiger partial charge >= 0.3 is 0 Å². The quantitative estimate of drug-likeness (QED) is 0.709. The molecule has 1 atom stereocenters. The van der Waals surface area contributed by atoms with Gasteiger partial charge in [-0.15, -0.1) is 0 Å². The third-order valence-corrected chi connectivity index (χ3v) is 5.30. The van der Waals surface area contributed by atoms with Crippen molar-refractivity contribution in [3.05, 3.63) is 76.2 Å². The van der Waals surface area contributed by atoms with E-state index in [-0.39, 0.29) is 11.1 Å². The van der Waals surface area contributed by atoms with Crippen LogP contribution in [0.4, 0.5) is 0 Å². The number of carbonyl (C=O) groups is 1. The van der Waals surface area contributed by atoms with Gasteiger partial charge in [0.1, 0.15) is 17.4 Å². The summed E-state index contributed by atoms with van der Waals surface area (Å²) in [7, 11) is 1.87. The number of hydrogen-bond donors (Lipinski definition) is 1. The Hall–Kier alpha value is -2.87. The molecule has 0 bridgehead atoms. The lowest BCUT2D eigenvalue weighted by Crippen LogP contribution is -2.36. The third-order valence-electron chi connectivity index (χ3n) is 4.33. The van der Waals surface area contributed by atoms with E-state index in [1.807, 2.05) is 48.1 Å². The second-order valence-electron chi connectivity index (χ2n) is 5.97. The van der Waals surface area contributed by atoms with Crippen LogP contribution in [0.1, 0.15) is 27.8 Å². The van der Waals surface area contributed by atoms with Crippen molar-refractivity contribution in [1.82, 2.24) is 24.4 Å². The van der Waals surface area contributed by atoms with Crippen LogP contribution in [0.3, 0.4) is 0 Å². The molecule has 1 aliphatic heterocycles. The Balaban J connectivity index is 1.70. The molecular weight excluding hydrogens is 350 g/mol. The molecule has 8 heteroatoms. The number of aryl methyl sites for hydroxylation is 1. The van der Waals surface area contributed by atoms with Crippen molar-refractivity contribution in [1.29, 1.82) is 0 Å². The average molecular weight is 367 g/mol. The van der Waals surface area contributed by atoms with Gasteiger partial charge in [0.2, 0.25) is 0 Å². The molecule has 1 N–H and O–H groups in total. The number of thioether (sulfide) groups is 1. The summed E-state index contributed by atoms with van der Waals surface area (Å²) < 4.78 is 3.40. The average Bonchev–Trinajstić information content (AvgIpc) is 3.30. The van der Waals surface area contributed by atoms with E-state index < -0.39 is 11.9 Å². The van der Waals surface area contributed by atoms with Gasteiger partial charge < -0.3 is 9.88 Å². The second-order valence-corrected chi connectivity index (χ2v) is 7.04. The summed E-state index contributed by atoms with van der Waals surface area (Å²) in [5, 5.41) is 3.60. The van der Waals surface area contributed by atoms with E-state index in [0.29, 0.717) is 17.5 Å². The Morgan fingerprint density at radius 2 is 2.08 bits per heavy atom. The maximum atomic E-state index is 12.8. The van der Waals surface area contributed by atoms with Crippen molar-refractivity contribution in [2.24, 2.45) is 7.05 Å². The van der Waals surface area contributed by atoms with Crippen molar-refractivity contribution in [3.8, 4) is 0 Å². The van der Waals surface area contributed by atoms with E-state index in [0.717, 1.165) is 11.3 Å². The minimum atomic E-state index is -0.462. The summed E-state index contributed by atoms with van der Waals surface area (Å²) in [4.78, 5) is 34.1. The zero-order chi connectivity index (χ0) is 18.1. The van der Waals surface area contributed by atoms with Gasteiger partial charge in [0.05, 0.1) is 0 Å². The molecule has 1 amide bonds. The second kappa shape index (κ2) is 6.80. The molecule has 0 radical (unpaired) electrons. The van der Waals surface area contributed by atoms with Gasteiger partial charge in [-0.3, -0.25) is 14.2 Å². The highest BCUT2D eigenvalue weighted by molar-refractivity contribution is 7.99. The Morgan fingerprint density at radius 3 is 2.81 bits per heavy atom. The first-order valence-corrected chi connectivity index (χ1v) is 9.19. The molecule has 3 heterocycles. The van der Waals surface area contributed by atoms with Gasteiger partial charge in [0, 0.05) is 37.9 Å². The number of rotatable bonds is 4. The zero-order valence-electron chi connectivity index (χ0n) is 14.1. The molecule has 0 fully saturated rings. The molecule has 132 valence electrons. The molecule has 3 aromatic rings. The van der Waals surface area contributed by atoms with Crippen molar-refractivity contribution < 1.29 is 4.79 Å². The number of fused-ring (bicyclic) bond motifs is 1. The van der Waals surface area contributed by atoms with E-state index in [4.69, 9.17) is 0 Å². The number of benzene rings is 1. The first-order valence-electron chi connectivity index (χ1n) is 8.21. The van der Waals surface area contributed by atoms with E-state index >= 15 is 0 Å². The summed E-state index contributed by atoms with van der Waals surface area (Å²) in [5.41, 5.74) is 0.635. The van der Waals surface area contributed by atoms with Crippen LogP contribution in [0.2, 0.25) is 0 Å². The fourth-order valence-electron chi connectivity index (χ4n) is 2.98. The Kier molecular flexibility index (Phi) is 4.34. The largest absolute Gasteiger partial charge is 0.338 e. The zero-order valence-corrected chi connectivity index (χ0v) is 14.9. The number of hydrogen-bond acceptors (Lipinski definition) is 5. The molecular formula is C18H17N5O2S. The van der Waals surface area contributed by atoms with Gasteiger partial charge in [0.25, 0.3) is 11.5 Å². The van der Waals surface area contributed by atoms with Crippen molar-refractivity contribution in [2.45, 2.75) is 17.7 Å². The SMILES string of the molecule is Cn1ccnc1[C@@H](NC(=O)c1cnc2n(c1=O)CCS2)c1ccccc1. The highest BCUT2D eigenvalue weighted by Gasteiger charge is 2.25. The summed E-state index contributed by atoms with van der Waals surface area (Å²) in [5.74, 6) is 1.04. The minimum absolute atomic E-state index is 0.0476. The molecule has 0 spiro atoms. The summed E-state index contributed by atoms with van der Waals surface area (Å²) in [6.07, 6.45) is 4.86. The molecule has 1 aliphatic rings. The predicted octanol–water partition coefficient (Wildman–Crippen LogP) is 1.60. The van der Waals surface area contributed by atoms with Gasteiger partial charge in [-0.1, -0.05) is 42.1 Å². The molecule has 26 heavy (non-hydrogen) atoms. The highest BCUT2D eigenvalue weighted by Crippen LogP contribution is 2.22. The van der Waals surface area contributed by atoms with Crippen LogP contribution in [-0.4, -0.2) is 30.8 Å². The summed E-state index contributed by atoms with van der Waals surface area (Å²) >= 11 is 1.52. The van der Waals surface area contributed by atoms with E-state index in [1.54, 1.807) is 10.8 Å². The van der Waals surface area contributed by atoms with Crippen LogP contribution in [0, 0.1) is 0 Å². The standard InChI is InChI=1S/C18H17N5O2S/c1-22-8-7-19-15(22)14(12-5-3-2-4-6-12)21-16(24)13-11-20-18-23(17(13)25)9-10-26-18/h2-8,11,14H,9-10H2,1H3,(H,21,24)/t14-/m0/s1. The van der Waals surface area contributed by atoms with E-state index in [2.05, 4.69) is 15.3 Å². The van der Waals surface area contributed by atoms with Crippen molar-refractivity contribution in [2.75, 3.05) is 5.75 Å². The monoisotopic (exact) mass is 367 g/mol. The number of imidazole rings is 1. The van der Waals surface area contributed by atoms with Crippen LogP contribution in [0.25, 0.3) is 0 Å². The lowest BCUT2D eigenvalue weighted by atomic mass is 10.1. The first-order chi connectivity index (χ1) is 12.6. The first kappa shape index (κ1) is 16.6. The maximum absolute atomic E-state index is 12.8. The van der Waals surface area contributed by atoms with Gasteiger partial charge in [0.15, 0.2) is 5.16 Å². The number of aromatic nitrogens is 4. The molecule has 2 aromatic heterocycles. The fourth-order valence-corrected chi connectivity index (χ4v) is 3.89. The number of nitrogens with one attached hydrogen (secondary N) is 1. The Bertz CT molecular complexity index is 1010. The van der Waals surface area contributed by atoms with E-state index in [9.17, 15) is 9.59 Å². The van der Waals surface area contributed by atoms with Crippen LogP contribution in [-0.2, 0) is 13.6 Å². The van der Waals surface area contributed by atoms with Crippen molar-refractivity contribution in [3.63, 3.8) is 0 Å². The van der Waals surface area contributed by atoms with Gasteiger partial charge in [-0.05, 0) is 5.56 Å². The number of amides is 1. The Labute approximate surface area is 154 Å². The van der Waals surface area contributed by atoms with E-state index in [1.165, 1.54) is 18.0 Å². The normalized spacial score (nSPS) is 14.0. The molecule has 1 aromatic carbocycles. The van der Waals surface area contributed by atoms with Crippen LogP contribution in [0.15, 0.2) is 58.9 Å². The van der Waals surface area contributed by atoms with Crippen molar-refractivity contribution >= 4 is 17.7 Å². The molecule has 0 saturated carbocycles. The molecule has 0 saturated heterocycles. The molecule has 7 nitrogen and oxygen atoms in total. The molecule has 0 unspecified atom stereocenters. The Morgan fingerprint density at radius 1 is 1.27 bits per heavy atom. The van der Waals surface area contributed by atoms with Crippen LogP contribution < -0.4 is 10.9 Å². The minimum Gasteiger partial charge on any atom is -0.338 e. The number of carbonyl (C=O) groups excluding carboxylic acids is 1. The summed E-state index contributed by atoms with van der Waals surface area (Å²) in [6, 6.07) is 9.10. The molecule has 4 rings (SSSR count). The molecule has 0 aliphatic carbocycles. The fraction of sp³-hybridized carbons (Fsp3) is 0.222. The lowest BCUT2D eigenvalue weighted by Gasteiger charge is -2.19. The lowest BCUT2D eigenvalue weighted by molar-refractivity contribution is 0.0938. The number of nitrogens with zero attached hydrogens (tertiary/aromatic N) is 4. The summed E-state index contributed by atoms with van der Waals surface area (Å²) in [6.45, 7) is 0.578. The predicted molar refractivity (Wildman–Crippen MR) is 98.2 cm³/mol.